The van der Waals surface area contributed by atoms with E-state index in [1.165, 1.54) is 11.3 Å². The van der Waals surface area contributed by atoms with E-state index >= 15 is 0 Å². The average Bonchev–Trinajstić information content (AvgIpc) is 3.37. The Morgan fingerprint density at radius 3 is 2.57 bits per heavy atom. The third-order valence-corrected chi connectivity index (χ3v) is 5.87. The van der Waals surface area contributed by atoms with E-state index in [1.807, 2.05) is 23.9 Å². The van der Waals surface area contributed by atoms with E-state index in [0.717, 1.165) is 48.1 Å². The molecule has 3 heterocycles. The molecule has 0 saturated carbocycles. The van der Waals surface area contributed by atoms with Gasteiger partial charge in [0.25, 0.3) is 0 Å². The van der Waals surface area contributed by atoms with Gasteiger partial charge in [0.15, 0.2) is 0 Å². The zero-order valence-electron chi connectivity index (χ0n) is 16.0. The minimum Gasteiger partial charge on any atom is -0.371 e. The van der Waals surface area contributed by atoms with Gasteiger partial charge in [-0.1, -0.05) is 30.3 Å². The molecular formula is C22H24N6. The summed E-state index contributed by atoms with van der Waals surface area (Å²) in [4.78, 5) is 2.43. The van der Waals surface area contributed by atoms with Crippen molar-refractivity contribution in [3.05, 3.63) is 66.5 Å². The van der Waals surface area contributed by atoms with E-state index in [9.17, 15) is 0 Å². The molecule has 3 N–H and O–H groups in total. The first-order valence-corrected chi connectivity index (χ1v) is 9.69. The number of hydrogen-bond acceptors (Lipinski definition) is 4. The number of fused-ring (bicyclic) bond motifs is 1. The molecule has 142 valence electrons. The first-order chi connectivity index (χ1) is 13.6. The second kappa shape index (κ2) is 6.49. The van der Waals surface area contributed by atoms with Gasteiger partial charge in [0.2, 0.25) is 0 Å². The van der Waals surface area contributed by atoms with Gasteiger partial charge in [-0.05, 0) is 36.6 Å². The van der Waals surface area contributed by atoms with Crippen LogP contribution in [0.25, 0.3) is 22.2 Å². The molecule has 0 radical (unpaired) electrons. The number of hydrogen-bond donors (Lipinski definition) is 2. The Morgan fingerprint density at radius 1 is 1.07 bits per heavy atom. The van der Waals surface area contributed by atoms with Crippen molar-refractivity contribution >= 4 is 16.6 Å². The normalized spacial score (nSPS) is 16.6. The van der Waals surface area contributed by atoms with Crippen molar-refractivity contribution in [3.63, 3.8) is 0 Å². The van der Waals surface area contributed by atoms with Crippen LogP contribution in [0, 0.1) is 0 Å². The third kappa shape index (κ3) is 2.86. The second-order valence-corrected chi connectivity index (χ2v) is 7.71. The molecule has 4 aromatic rings. The Bertz CT molecular complexity index is 1090. The Labute approximate surface area is 164 Å². The predicted octanol–water partition coefficient (Wildman–Crippen LogP) is 3.42. The largest absolute Gasteiger partial charge is 0.371 e. The Kier molecular flexibility index (Phi) is 3.94. The highest BCUT2D eigenvalue weighted by atomic mass is 15.2. The molecule has 0 atom stereocenters. The van der Waals surface area contributed by atoms with Gasteiger partial charge in [0, 0.05) is 54.7 Å². The van der Waals surface area contributed by atoms with E-state index in [1.54, 1.807) is 6.20 Å². The number of piperidine rings is 1. The first kappa shape index (κ1) is 17.0. The van der Waals surface area contributed by atoms with Crippen LogP contribution >= 0.6 is 0 Å². The van der Waals surface area contributed by atoms with Crippen molar-refractivity contribution in [1.29, 1.82) is 0 Å². The summed E-state index contributed by atoms with van der Waals surface area (Å²) < 4.78 is 1.86. The van der Waals surface area contributed by atoms with Crippen LogP contribution in [0.4, 0.5) is 5.69 Å². The molecule has 1 aliphatic heterocycles. The van der Waals surface area contributed by atoms with Gasteiger partial charge >= 0.3 is 0 Å². The van der Waals surface area contributed by atoms with Crippen LogP contribution < -0.4 is 10.6 Å². The number of anilines is 1. The maximum absolute atomic E-state index is 6.79. The first-order valence-electron chi connectivity index (χ1n) is 9.69. The lowest BCUT2D eigenvalue weighted by Crippen LogP contribution is -2.48. The summed E-state index contributed by atoms with van der Waals surface area (Å²) in [7, 11) is 1.96. The van der Waals surface area contributed by atoms with Crippen LogP contribution in [-0.4, -0.2) is 33.1 Å². The number of benzene rings is 2. The Hall–Kier alpha value is -3.12. The number of nitrogens with one attached hydrogen (secondary N) is 1. The van der Waals surface area contributed by atoms with Crippen molar-refractivity contribution in [3.8, 4) is 11.3 Å². The van der Waals surface area contributed by atoms with Crippen LogP contribution in [0.5, 0.6) is 0 Å². The molecule has 5 rings (SSSR count). The lowest BCUT2D eigenvalue weighted by Gasteiger charge is -2.41. The van der Waals surface area contributed by atoms with Crippen LogP contribution in [0.2, 0.25) is 0 Å². The van der Waals surface area contributed by atoms with Crippen molar-refractivity contribution < 1.29 is 0 Å². The highest BCUT2D eigenvalue weighted by Gasteiger charge is 2.33. The second-order valence-electron chi connectivity index (χ2n) is 7.71. The number of aromatic nitrogens is 4. The standard InChI is InChI=1S/C22H24N6/c1-27-15-16-13-18(19-7-10-24-25-19)21(14-20(16)26-27)28-11-8-22(23,9-12-28)17-5-3-2-4-6-17/h2-7,10,13-15H,8-9,11-12,23H2,1H3,(H,24,25). The summed E-state index contributed by atoms with van der Waals surface area (Å²) in [5.74, 6) is 0. The van der Waals surface area contributed by atoms with E-state index in [-0.39, 0.29) is 5.54 Å². The van der Waals surface area contributed by atoms with Crippen molar-refractivity contribution in [2.75, 3.05) is 18.0 Å². The lowest BCUT2D eigenvalue weighted by molar-refractivity contribution is 0.343. The molecule has 1 aliphatic rings. The quantitative estimate of drug-likeness (QED) is 0.578. The van der Waals surface area contributed by atoms with Gasteiger partial charge in [0.1, 0.15) is 0 Å². The fraction of sp³-hybridized carbons (Fsp3) is 0.273. The molecule has 0 aliphatic carbocycles. The highest BCUT2D eigenvalue weighted by Crippen LogP contribution is 2.38. The van der Waals surface area contributed by atoms with Gasteiger partial charge in [-0.25, -0.2) is 0 Å². The van der Waals surface area contributed by atoms with Crippen LogP contribution in [-0.2, 0) is 12.6 Å². The highest BCUT2D eigenvalue weighted by molar-refractivity contribution is 5.91. The Morgan fingerprint density at radius 2 is 1.86 bits per heavy atom. The molecule has 0 bridgehead atoms. The molecule has 2 aromatic heterocycles. The van der Waals surface area contributed by atoms with Crippen molar-refractivity contribution in [2.24, 2.45) is 12.8 Å². The topological polar surface area (TPSA) is 75.8 Å². The summed E-state index contributed by atoms with van der Waals surface area (Å²) in [5.41, 5.74) is 12.1. The maximum Gasteiger partial charge on any atom is 0.0944 e. The Balaban J connectivity index is 1.50. The molecule has 1 saturated heterocycles. The molecule has 1 fully saturated rings. The van der Waals surface area contributed by atoms with E-state index in [4.69, 9.17) is 5.73 Å². The van der Waals surface area contributed by atoms with E-state index in [0.29, 0.717) is 0 Å². The number of rotatable bonds is 3. The van der Waals surface area contributed by atoms with E-state index in [2.05, 4.69) is 62.8 Å². The van der Waals surface area contributed by atoms with Crippen LogP contribution in [0.15, 0.2) is 60.9 Å². The van der Waals surface area contributed by atoms with E-state index < -0.39 is 0 Å². The third-order valence-electron chi connectivity index (χ3n) is 5.87. The summed E-state index contributed by atoms with van der Waals surface area (Å²) in [6, 6.07) is 16.9. The zero-order chi connectivity index (χ0) is 19.1. The fourth-order valence-electron chi connectivity index (χ4n) is 4.27. The number of nitrogens with zero attached hydrogens (tertiary/aromatic N) is 4. The van der Waals surface area contributed by atoms with Crippen molar-refractivity contribution in [2.45, 2.75) is 18.4 Å². The van der Waals surface area contributed by atoms with Gasteiger partial charge in [-0.15, -0.1) is 0 Å². The van der Waals surface area contributed by atoms with Gasteiger partial charge in [0.05, 0.1) is 11.2 Å². The molecular weight excluding hydrogens is 348 g/mol. The molecule has 6 nitrogen and oxygen atoms in total. The monoisotopic (exact) mass is 372 g/mol. The minimum atomic E-state index is -0.263. The molecule has 28 heavy (non-hydrogen) atoms. The zero-order valence-corrected chi connectivity index (χ0v) is 16.0. The number of aryl methyl sites for hydroxylation is 1. The molecule has 0 spiro atoms. The summed E-state index contributed by atoms with van der Waals surface area (Å²) in [6.07, 6.45) is 5.68. The summed E-state index contributed by atoms with van der Waals surface area (Å²) in [6.45, 7) is 1.82. The number of aromatic amines is 1. The smallest absolute Gasteiger partial charge is 0.0944 e. The maximum atomic E-state index is 6.79. The predicted molar refractivity (Wildman–Crippen MR) is 112 cm³/mol. The number of nitrogens with two attached hydrogens (primary N) is 1. The SMILES string of the molecule is Cn1cc2cc(-c3ccn[nH]3)c(N3CCC(N)(c4ccccc4)CC3)cc2n1. The fourth-order valence-corrected chi connectivity index (χ4v) is 4.27. The van der Waals surface area contributed by atoms with Gasteiger partial charge < -0.3 is 10.6 Å². The van der Waals surface area contributed by atoms with Gasteiger partial charge in [-0.2, -0.15) is 10.2 Å². The van der Waals surface area contributed by atoms with Crippen LogP contribution in [0.3, 0.4) is 0 Å². The molecule has 0 amide bonds. The summed E-state index contributed by atoms with van der Waals surface area (Å²) in [5, 5.41) is 13.0. The molecule has 2 aromatic carbocycles. The minimum absolute atomic E-state index is 0.263. The molecule has 0 unspecified atom stereocenters. The van der Waals surface area contributed by atoms with Gasteiger partial charge in [-0.3, -0.25) is 9.78 Å². The molecule has 6 heteroatoms. The summed E-state index contributed by atoms with van der Waals surface area (Å²) >= 11 is 0. The van der Waals surface area contributed by atoms with Crippen LogP contribution in [0.1, 0.15) is 18.4 Å². The lowest BCUT2D eigenvalue weighted by atomic mass is 9.81. The van der Waals surface area contributed by atoms with Crippen molar-refractivity contribution in [1.82, 2.24) is 20.0 Å². The number of H-pyrrole nitrogens is 1. The average molecular weight is 372 g/mol.